The van der Waals surface area contributed by atoms with Crippen molar-refractivity contribution in [3.8, 4) is 0 Å². The second-order valence-electron chi connectivity index (χ2n) is 9.23. The number of aryl methyl sites for hydroxylation is 1. The molecule has 1 amide bonds. The van der Waals surface area contributed by atoms with Gasteiger partial charge in [0.05, 0.1) is 27.7 Å². The Labute approximate surface area is 217 Å². The number of carbonyl (C=O) groups is 1. The summed E-state index contributed by atoms with van der Waals surface area (Å²) in [5.74, 6) is -2.10. The molecule has 1 fully saturated rings. The highest BCUT2D eigenvalue weighted by molar-refractivity contribution is 9.10. The van der Waals surface area contributed by atoms with Crippen molar-refractivity contribution < 1.29 is 28.2 Å². The van der Waals surface area contributed by atoms with Crippen LogP contribution in [0.3, 0.4) is 0 Å². The first-order valence-corrected chi connectivity index (χ1v) is 12.4. The van der Waals surface area contributed by atoms with Gasteiger partial charge in [0, 0.05) is 23.2 Å². The summed E-state index contributed by atoms with van der Waals surface area (Å²) in [5, 5.41) is 24.8. The average molecular weight is 578 g/mol. The monoisotopic (exact) mass is 577 g/mol. The molecule has 8 nitrogen and oxygen atoms in total. The molecule has 1 aliphatic rings. The number of hydrogen-bond acceptors (Lipinski definition) is 6. The van der Waals surface area contributed by atoms with Crippen molar-refractivity contribution in [3.05, 3.63) is 58.8 Å². The summed E-state index contributed by atoms with van der Waals surface area (Å²) < 4.78 is 40.1. The van der Waals surface area contributed by atoms with Gasteiger partial charge in [-0.1, -0.05) is 12.1 Å². The molecule has 12 heteroatoms. The molecular weight excluding hydrogens is 555 g/mol. The van der Waals surface area contributed by atoms with Crippen molar-refractivity contribution in [2.75, 3.05) is 11.1 Å². The summed E-state index contributed by atoms with van der Waals surface area (Å²) in [6, 6.07) is 10.4. The van der Waals surface area contributed by atoms with Crippen molar-refractivity contribution in [3.63, 3.8) is 0 Å². The van der Waals surface area contributed by atoms with Crippen LogP contribution in [0, 0.1) is 5.92 Å². The van der Waals surface area contributed by atoms with E-state index >= 15 is 0 Å². The first-order valence-electron chi connectivity index (χ1n) is 11.6. The van der Waals surface area contributed by atoms with Gasteiger partial charge in [0.15, 0.2) is 0 Å². The number of alkyl halides is 3. The third-order valence-electron chi connectivity index (χ3n) is 6.94. The molecule has 4 aromatic rings. The van der Waals surface area contributed by atoms with E-state index in [4.69, 9.17) is 5.73 Å². The second kappa shape index (κ2) is 9.58. The smallest absolute Gasteiger partial charge is 0.390 e. The molecule has 1 aliphatic carbocycles. The standard InChI is InChI=1S/C25H23BrF3N5O3/c26-16-10-13-3-1-12(9-17(13)32-23(16)33-24(37)25(27,28)29)2-4-14-11-19(21(36)20(14)35)34-8-6-15-18(34)5-7-31-22(15)30/h1,3,5-10,14,19-21,35-36H,2,4,11H2,(H2,30,31)(H,32,33,37)/t14-,19+,20+,21?/m0/s1. The fraction of sp³-hybridized carbons (Fsp3) is 0.320. The highest BCUT2D eigenvalue weighted by atomic mass is 79.9. The van der Waals surface area contributed by atoms with Crippen LogP contribution in [-0.4, -0.2) is 49.0 Å². The SMILES string of the molecule is Nc1nccc2c1ccn2[C@@H]1C[C@H](CCc2ccc3cc(Br)c(NC(=O)C(F)(F)F)nc3c2)[C@@H](O)C1O. The van der Waals surface area contributed by atoms with Crippen molar-refractivity contribution in [1.82, 2.24) is 14.5 Å². The predicted octanol–water partition coefficient (Wildman–Crippen LogP) is 4.35. The maximum atomic E-state index is 12.7. The minimum absolute atomic E-state index is 0.174. The number of pyridine rings is 2. The number of anilines is 2. The Hall–Kier alpha value is -3.22. The van der Waals surface area contributed by atoms with Crippen LogP contribution in [0.5, 0.6) is 0 Å². The molecule has 37 heavy (non-hydrogen) atoms. The normalized spacial score (nSPS) is 22.1. The summed E-state index contributed by atoms with van der Waals surface area (Å²) in [6.07, 6.45) is -1.76. The number of aliphatic hydroxyl groups is 2. The number of aromatic nitrogens is 3. The number of rotatable bonds is 5. The van der Waals surface area contributed by atoms with Gasteiger partial charge in [0.25, 0.3) is 0 Å². The molecule has 3 aromatic heterocycles. The highest BCUT2D eigenvalue weighted by Gasteiger charge is 2.42. The lowest BCUT2D eigenvalue weighted by molar-refractivity contribution is -0.167. The quantitative estimate of drug-likeness (QED) is 0.279. The maximum absolute atomic E-state index is 12.7. The molecule has 1 saturated carbocycles. The number of fused-ring (bicyclic) bond motifs is 2. The van der Waals surface area contributed by atoms with Gasteiger partial charge in [-0.3, -0.25) is 4.79 Å². The van der Waals surface area contributed by atoms with E-state index in [1.807, 2.05) is 29.0 Å². The Morgan fingerprint density at radius 3 is 2.73 bits per heavy atom. The number of nitrogens with zero attached hydrogens (tertiary/aromatic N) is 3. The number of nitrogens with one attached hydrogen (secondary N) is 1. The molecule has 1 unspecified atom stereocenters. The lowest BCUT2D eigenvalue weighted by Crippen LogP contribution is -2.30. The fourth-order valence-corrected chi connectivity index (χ4v) is 5.46. The summed E-state index contributed by atoms with van der Waals surface area (Å²) >= 11 is 3.15. The predicted molar refractivity (Wildman–Crippen MR) is 136 cm³/mol. The number of nitrogens with two attached hydrogens (primary N) is 1. The van der Waals surface area contributed by atoms with Crippen LogP contribution in [0.4, 0.5) is 24.8 Å². The third kappa shape index (κ3) is 4.88. The van der Waals surface area contributed by atoms with E-state index in [-0.39, 0.29) is 22.3 Å². The fourth-order valence-electron chi connectivity index (χ4n) is 5.02. The van der Waals surface area contributed by atoms with Crippen molar-refractivity contribution in [2.45, 2.75) is 43.7 Å². The highest BCUT2D eigenvalue weighted by Crippen LogP contribution is 2.40. The largest absolute Gasteiger partial charge is 0.471 e. The zero-order valence-electron chi connectivity index (χ0n) is 19.3. The number of halogens is 4. The van der Waals surface area contributed by atoms with Gasteiger partial charge in [-0.05, 0) is 70.9 Å². The molecule has 3 heterocycles. The van der Waals surface area contributed by atoms with Crippen LogP contribution < -0.4 is 11.1 Å². The average Bonchev–Trinajstić information content (AvgIpc) is 3.39. The minimum Gasteiger partial charge on any atom is -0.390 e. The van der Waals surface area contributed by atoms with Crippen LogP contribution in [0.1, 0.15) is 24.4 Å². The molecule has 4 atom stereocenters. The number of aliphatic hydroxyl groups excluding tert-OH is 2. The third-order valence-corrected chi connectivity index (χ3v) is 7.54. The lowest BCUT2D eigenvalue weighted by atomic mass is 9.95. The topological polar surface area (TPSA) is 126 Å². The van der Waals surface area contributed by atoms with Crippen LogP contribution in [0.15, 0.2) is 53.3 Å². The summed E-state index contributed by atoms with van der Waals surface area (Å²) in [4.78, 5) is 19.6. The molecule has 5 rings (SSSR count). The van der Waals surface area contributed by atoms with Crippen LogP contribution in [-0.2, 0) is 11.2 Å². The summed E-state index contributed by atoms with van der Waals surface area (Å²) in [5.41, 5.74) is 8.08. The molecule has 0 saturated heterocycles. The zero-order chi connectivity index (χ0) is 26.5. The first-order chi connectivity index (χ1) is 17.5. The van der Waals surface area contributed by atoms with E-state index in [2.05, 4.69) is 25.9 Å². The van der Waals surface area contributed by atoms with Crippen LogP contribution >= 0.6 is 15.9 Å². The van der Waals surface area contributed by atoms with Crippen molar-refractivity contribution in [1.29, 1.82) is 0 Å². The Bertz CT molecular complexity index is 1490. The summed E-state index contributed by atoms with van der Waals surface area (Å²) in [7, 11) is 0. The molecule has 0 bridgehead atoms. The van der Waals surface area contributed by atoms with Gasteiger partial charge in [0.1, 0.15) is 17.7 Å². The van der Waals surface area contributed by atoms with Gasteiger partial charge < -0.3 is 25.8 Å². The van der Waals surface area contributed by atoms with Crippen LogP contribution in [0.25, 0.3) is 21.8 Å². The van der Waals surface area contributed by atoms with E-state index < -0.39 is 24.3 Å². The van der Waals surface area contributed by atoms with Crippen molar-refractivity contribution >= 4 is 55.3 Å². The molecule has 0 radical (unpaired) electrons. The Balaban J connectivity index is 1.32. The maximum Gasteiger partial charge on any atom is 0.471 e. The van der Waals surface area contributed by atoms with E-state index in [1.54, 1.807) is 29.7 Å². The van der Waals surface area contributed by atoms with Gasteiger partial charge in [0.2, 0.25) is 0 Å². The Morgan fingerprint density at radius 1 is 1.19 bits per heavy atom. The van der Waals surface area contributed by atoms with Gasteiger partial charge >= 0.3 is 12.1 Å². The molecule has 0 aliphatic heterocycles. The number of carbonyl (C=O) groups excluding carboxylic acids is 1. The lowest BCUT2D eigenvalue weighted by Gasteiger charge is -2.19. The number of benzene rings is 1. The van der Waals surface area contributed by atoms with E-state index in [0.29, 0.717) is 36.0 Å². The molecular formula is C25H23BrF3N5O3. The van der Waals surface area contributed by atoms with Gasteiger partial charge in [-0.15, -0.1) is 0 Å². The Morgan fingerprint density at radius 2 is 1.97 bits per heavy atom. The van der Waals surface area contributed by atoms with E-state index in [0.717, 1.165) is 16.5 Å². The number of amides is 1. The zero-order valence-corrected chi connectivity index (χ0v) is 20.9. The number of hydrogen-bond donors (Lipinski definition) is 4. The molecule has 1 aromatic carbocycles. The molecule has 194 valence electrons. The van der Waals surface area contributed by atoms with Crippen LogP contribution in [0.2, 0.25) is 0 Å². The summed E-state index contributed by atoms with van der Waals surface area (Å²) in [6.45, 7) is 0. The second-order valence-corrected chi connectivity index (χ2v) is 10.1. The van der Waals surface area contributed by atoms with E-state index in [1.165, 1.54) is 0 Å². The molecule has 0 spiro atoms. The van der Waals surface area contributed by atoms with E-state index in [9.17, 15) is 28.2 Å². The first kappa shape index (κ1) is 25.4. The molecule has 5 N–H and O–H groups in total. The Kier molecular flexibility index (Phi) is 6.59. The number of nitrogen functional groups attached to an aromatic ring is 1. The minimum atomic E-state index is -5.03. The van der Waals surface area contributed by atoms with Gasteiger partial charge in [-0.25, -0.2) is 9.97 Å². The van der Waals surface area contributed by atoms with Gasteiger partial charge in [-0.2, -0.15) is 13.2 Å². The van der Waals surface area contributed by atoms with Crippen molar-refractivity contribution in [2.24, 2.45) is 5.92 Å².